The summed E-state index contributed by atoms with van der Waals surface area (Å²) in [6, 6.07) is 18.2. The third-order valence-electron chi connectivity index (χ3n) is 4.04. The van der Waals surface area contributed by atoms with E-state index in [1.54, 1.807) is 14.2 Å². The molecule has 0 amide bonds. The Morgan fingerprint density at radius 2 is 1.76 bits per heavy atom. The summed E-state index contributed by atoms with van der Waals surface area (Å²) in [6.45, 7) is 1.24. The summed E-state index contributed by atoms with van der Waals surface area (Å²) in [6.07, 6.45) is 1.84. The van der Waals surface area contributed by atoms with E-state index in [0.717, 1.165) is 28.4 Å². The molecule has 0 aliphatic carbocycles. The van der Waals surface area contributed by atoms with E-state index in [0.29, 0.717) is 13.1 Å². The molecular formula is C20H22N4O. The number of aliphatic imine (C=N–C) groups is 1. The lowest BCUT2D eigenvalue weighted by molar-refractivity contribution is 0.409. The maximum Gasteiger partial charge on any atom is 0.191 e. The van der Waals surface area contributed by atoms with Gasteiger partial charge >= 0.3 is 0 Å². The van der Waals surface area contributed by atoms with E-state index in [2.05, 4.69) is 32.7 Å². The molecule has 3 rings (SSSR count). The fourth-order valence-corrected chi connectivity index (χ4v) is 2.74. The SMILES string of the molecule is CN=C(NCc1ccccc1OC)NCc1nccc2ccccc12. The molecule has 0 atom stereocenters. The second-order valence-electron chi connectivity index (χ2n) is 5.57. The standard InChI is InChI=1S/C20H22N4O/c1-21-20(23-13-16-8-4-6-10-19(16)25-2)24-14-18-17-9-5-3-7-15(17)11-12-22-18/h3-12H,13-14H2,1-2H3,(H2,21,23,24). The first-order chi connectivity index (χ1) is 12.3. The zero-order chi connectivity index (χ0) is 17.5. The summed E-state index contributed by atoms with van der Waals surface area (Å²) in [5, 5.41) is 8.97. The topological polar surface area (TPSA) is 58.5 Å². The number of benzene rings is 2. The van der Waals surface area contributed by atoms with Crippen molar-refractivity contribution in [2.45, 2.75) is 13.1 Å². The Kier molecular flexibility index (Phi) is 5.46. The van der Waals surface area contributed by atoms with Crippen LogP contribution < -0.4 is 15.4 Å². The number of para-hydroxylation sites is 1. The first kappa shape index (κ1) is 16.8. The van der Waals surface area contributed by atoms with Crippen LogP contribution in [0.2, 0.25) is 0 Å². The largest absolute Gasteiger partial charge is 0.496 e. The Balaban J connectivity index is 1.65. The van der Waals surface area contributed by atoms with Crippen LogP contribution in [0.1, 0.15) is 11.3 Å². The predicted molar refractivity (Wildman–Crippen MR) is 102 cm³/mol. The number of aromatic nitrogens is 1. The van der Waals surface area contributed by atoms with E-state index < -0.39 is 0 Å². The van der Waals surface area contributed by atoms with Gasteiger partial charge in [0.2, 0.25) is 0 Å². The van der Waals surface area contributed by atoms with Gasteiger partial charge in [-0.05, 0) is 17.5 Å². The Hall–Kier alpha value is -3.08. The number of ether oxygens (including phenoxy) is 1. The van der Waals surface area contributed by atoms with Gasteiger partial charge in [-0.15, -0.1) is 0 Å². The third-order valence-corrected chi connectivity index (χ3v) is 4.04. The van der Waals surface area contributed by atoms with Gasteiger partial charge in [-0.1, -0.05) is 42.5 Å². The molecule has 5 nitrogen and oxygen atoms in total. The Labute approximate surface area is 147 Å². The molecule has 0 saturated heterocycles. The number of nitrogens with one attached hydrogen (secondary N) is 2. The number of methoxy groups -OCH3 is 1. The summed E-state index contributed by atoms with van der Waals surface area (Å²) < 4.78 is 5.38. The fourth-order valence-electron chi connectivity index (χ4n) is 2.74. The maximum absolute atomic E-state index is 5.38. The van der Waals surface area contributed by atoms with Gasteiger partial charge in [0.15, 0.2) is 5.96 Å². The quantitative estimate of drug-likeness (QED) is 0.556. The molecular weight excluding hydrogens is 312 g/mol. The summed E-state index contributed by atoms with van der Waals surface area (Å²) in [7, 11) is 3.44. The zero-order valence-corrected chi connectivity index (χ0v) is 14.5. The van der Waals surface area contributed by atoms with Gasteiger partial charge in [0, 0.05) is 30.7 Å². The van der Waals surface area contributed by atoms with Crippen LogP contribution in [-0.4, -0.2) is 25.1 Å². The molecule has 5 heteroatoms. The predicted octanol–water partition coefficient (Wildman–Crippen LogP) is 3.11. The van der Waals surface area contributed by atoms with Gasteiger partial charge in [0.25, 0.3) is 0 Å². The highest BCUT2D eigenvalue weighted by molar-refractivity contribution is 5.85. The first-order valence-electron chi connectivity index (χ1n) is 8.21. The number of fused-ring (bicyclic) bond motifs is 1. The van der Waals surface area contributed by atoms with E-state index in [-0.39, 0.29) is 0 Å². The minimum Gasteiger partial charge on any atom is -0.496 e. The van der Waals surface area contributed by atoms with Gasteiger partial charge in [-0.3, -0.25) is 9.98 Å². The van der Waals surface area contributed by atoms with E-state index in [9.17, 15) is 0 Å². The van der Waals surface area contributed by atoms with Crippen LogP contribution >= 0.6 is 0 Å². The summed E-state index contributed by atoms with van der Waals surface area (Å²) in [4.78, 5) is 8.77. The monoisotopic (exact) mass is 334 g/mol. The molecule has 1 heterocycles. The second-order valence-corrected chi connectivity index (χ2v) is 5.57. The van der Waals surface area contributed by atoms with Crippen molar-refractivity contribution in [1.82, 2.24) is 15.6 Å². The average molecular weight is 334 g/mol. The van der Waals surface area contributed by atoms with Crippen molar-refractivity contribution in [3.63, 3.8) is 0 Å². The van der Waals surface area contributed by atoms with E-state index in [4.69, 9.17) is 4.74 Å². The van der Waals surface area contributed by atoms with Crippen LogP contribution in [0.3, 0.4) is 0 Å². The Morgan fingerprint density at radius 3 is 2.60 bits per heavy atom. The van der Waals surface area contributed by atoms with Crippen LogP contribution in [0.25, 0.3) is 10.8 Å². The third kappa shape index (κ3) is 4.07. The van der Waals surface area contributed by atoms with Crippen molar-refractivity contribution in [2.75, 3.05) is 14.2 Å². The number of guanidine groups is 1. The van der Waals surface area contributed by atoms with Crippen molar-refractivity contribution >= 4 is 16.7 Å². The van der Waals surface area contributed by atoms with E-state index in [1.165, 1.54) is 5.39 Å². The summed E-state index contributed by atoms with van der Waals surface area (Å²) in [5.74, 6) is 1.59. The van der Waals surface area contributed by atoms with Crippen LogP contribution in [0.5, 0.6) is 5.75 Å². The van der Waals surface area contributed by atoms with Crippen LogP contribution in [0.15, 0.2) is 65.8 Å². The highest BCUT2D eigenvalue weighted by Gasteiger charge is 2.05. The molecule has 0 unspecified atom stereocenters. The lowest BCUT2D eigenvalue weighted by atomic mass is 10.1. The molecule has 0 aliphatic heterocycles. The van der Waals surface area contributed by atoms with Crippen LogP contribution in [0, 0.1) is 0 Å². The number of hydrogen-bond acceptors (Lipinski definition) is 3. The molecule has 2 N–H and O–H groups in total. The highest BCUT2D eigenvalue weighted by atomic mass is 16.5. The lowest BCUT2D eigenvalue weighted by Gasteiger charge is -2.14. The van der Waals surface area contributed by atoms with Crippen molar-refractivity contribution in [3.8, 4) is 5.75 Å². The molecule has 0 saturated carbocycles. The van der Waals surface area contributed by atoms with Crippen LogP contribution in [0.4, 0.5) is 0 Å². The number of rotatable bonds is 5. The molecule has 0 aliphatic rings. The molecule has 25 heavy (non-hydrogen) atoms. The van der Waals surface area contributed by atoms with Gasteiger partial charge in [-0.2, -0.15) is 0 Å². The maximum atomic E-state index is 5.38. The van der Waals surface area contributed by atoms with E-state index >= 15 is 0 Å². The number of pyridine rings is 1. The van der Waals surface area contributed by atoms with Crippen molar-refractivity contribution in [3.05, 3.63) is 72.1 Å². The number of hydrogen-bond donors (Lipinski definition) is 2. The zero-order valence-electron chi connectivity index (χ0n) is 14.5. The van der Waals surface area contributed by atoms with Crippen molar-refractivity contribution < 1.29 is 4.74 Å². The fraction of sp³-hybridized carbons (Fsp3) is 0.200. The molecule has 0 bridgehead atoms. The second kappa shape index (κ2) is 8.15. The molecule has 2 aromatic carbocycles. The summed E-state index contributed by atoms with van der Waals surface area (Å²) >= 11 is 0. The number of nitrogens with zero attached hydrogens (tertiary/aromatic N) is 2. The Bertz CT molecular complexity index is 871. The first-order valence-corrected chi connectivity index (χ1v) is 8.21. The lowest BCUT2D eigenvalue weighted by Crippen LogP contribution is -2.36. The van der Waals surface area contributed by atoms with Gasteiger partial charge in [-0.25, -0.2) is 0 Å². The molecule has 128 valence electrons. The minimum atomic E-state index is 0.604. The average Bonchev–Trinajstić information content (AvgIpc) is 2.68. The minimum absolute atomic E-state index is 0.604. The van der Waals surface area contributed by atoms with Crippen LogP contribution in [-0.2, 0) is 13.1 Å². The Morgan fingerprint density at radius 1 is 1.00 bits per heavy atom. The molecule has 3 aromatic rings. The summed E-state index contributed by atoms with van der Waals surface area (Å²) in [5.41, 5.74) is 2.08. The highest BCUT2D eigenvalue weighted by Crippen LogP contribution is 2.17. The van der Waals surface area contributed by atoms with E-state index in [1.807, 2.05) is 48.7 Å². The molecule has 0 radical (unpaired) electrons. The van der Waals surface area contributed by atoms with Crippen molar-refractivity contribution in [1.29, 1.82) is 0 Å². The van der Waals surface area contributed by atoms with Crippen molar-refractivity contribution in [2.24, 2.45) is 4.99 Å². The van der Waals surface area contributed by atoms with Gasteiger partial charge < -0.3 is 15.4 Å². The molecule has 0 spiro atoms. The molecule has 1 aromatic heterocycles. The molecule has 0 fully saturated rings. The smallest absolute Gasteiger partial charge is 0.191 e. The van der Waals surface area contributed by atoms with Gasteiger partial charge in [0.1, 0.15) is 5.75 Å². The van der Waals surface area contributed by atoms with Gasteiger partial charge in [0.05, 0.1) is 19.3 Å². The normalized spacial score (nSPS) is 11.4.